The van der Waals surface area contributed by atoms with E-state index in [0.717, 1.165) is 13.1 Å². The molecule has 1 rings (SSSR count). The lowest BCUT2D eigenvalue weighted by Crippen LogP contribution is -2.47. The molecule has 0 atom stereocenters. The summed E-state index contributed by atoms with van der Waals surface area (Å²) < 4.78 is 24.3. The topological polar surface area (TPSA) is 75.4 Å². The maximum absolute atomic E-state index is 11.4. The fourth-order valence-electron chi connectivity index (χ4n) is 1.20. The Balaban J connectivity index is 0. The zero-order chi connectivity index (χ0) is 9.03. The first-order chi connectivity index (χ1) is 5.67. The monoisotopic (exact) mass is 265 g/mol. The molecule has 1 aliphatic rings. The fourth-order valence-corrected chi connectivity index (χ4v) is 2.50. The molecule has 0 saturated carbocycles. The minimum Gasteiger partial charge on any atom is -0.329 e. The van der Waals surface area contributed by atoms with Gasteiger partial charge in [0.2, 0.25) is 10.0 Å². The van der Waals surface area contributed by atoms with Crippen LogP contribution in [0.4, 0.5) is 0 Å². The SMILES string of the molecule is Cl.Cl.NCCS(=O)(=O)N1CCNCC1. The van der Waals surface area contributed by atoms with Crippen molar-refractivity contribution in [1.29, 1.82) is 0 Å². The molecule has 88 valence electrons. The van der Waals surface area contributed by atoms with Gasteiger partial charge in [-0.1, -0.05) is 0 Å². The van der Waals surface area contributed by atoms with Crippen molar-refractivity contribution in [2.24, 2.45) is 5.73 Å². The van der Waals surface area contributed by atoms with Gasteiger partial charge in [0, 0.05) is 32.7 Å². The van der Waals surface area contributed by atoms with E-state index in [0.29, 0.717) is 13.1 Å². The zero-order valence-electron chi connectivity index (χ0n) is 7.81. The van der Waals surface area contributed by atoms with Crippen molar-refractivity contribution in [1.82, 2.24) is 9.62 Å². The molecule has 1 aliphatic heterocycles. The van der Waals surface area contributed by atoms with E-state index < -0.39 is 10.0 Å². The fraction of sp³-hybridized carbons (Fsp3) is 1.00. The van der Waals surface area contributed by atoms with Crippen molar-refractivity contribution >= 4 is 34.8 Å². The van der Waals surface area contributed by atoms with Crippen LogP contribution in [-0.4, -0.2) is 51.2 Å². The lowest BCUT2D eigenvalue weighted by atomic mass is 10.4. The number of sulfonamides is 1. The van der Waals surface area contributed by atoms with Gasteiger partial charge in [0.15, 0.2) is 0 Å². The highest BCUT2D eigenvalue weighted by Gasteiger charge is 2.22. The van der Waals surface area contributed by atoms with Crippen molar-refractivity contribution in [2.75, 3.05) is 38.5 Å². The van der Waals surface area contributed by atoms with E-state index in [1.165, 1.54) is 4.31 Å². The van der Waals surface area contributed by atoms with E-state index in [4.69, 9.17) is 5.73 Å². The van der Waals surface area contributed by atoms with Gasteiger partial charge in [-0.05, 0) is 0 Å². The van der Waals surface area contributed by atoms with E-state index in [2.05, 4.69) is 5.32 Å². The second kappa shape index (κ2) is 7.67. The van der Waals surface area contributed by atoms with Crippen molar-refractivity contribution in [2.45, 2.75) is 0 Å². The quantitative estimate of drug-likeness (QED) is 0.688. The third-order valence-corrected chi connectivity index (χ3v) is 3.75. The van der Waals surface area contributed by atoms with Crippen LogP contribution in [0.25, 0.3) is 0 Å². The summed E-state index contributed by atoms with van der Waals surface area (Å²) in [6.45, 7) is 2.82. The minimum absolute atomic E-state index is 0. The molecule has 0 bridgehead atoms. The van der Waals surface area contributed by atoms with Gasteiger partial charge in [0.05, 0.1) is 5.75 Å². The highest BCUT2D eigenvalue weighted by atomic mass is 35.5. The summed E-state index contributed by atoms with van der Waals surface area (Å²) in [5, 5.41) is 3.09. The summed E-state index contributed by atoms with van der Waals surface area (Å²) in [6.07, 6.45) is 0. The molecule has 0 spiro atoms. The summed E-state index contributed by atoms with van der Waals surface area (Å²) >= 11 is 0. The van der Waals surface area contributed by atoms with E-state index in [1.54, 1.807) is 0 Å². The first kappa shape index (κ1) is 16.8. The highest BCUT2D eigenvalue weighted by molar-refractivity contribution is 7.89. The predicted octanol–water partition coefficient (Wildman–Crippen LogP) is -0.976. The highest BCUT2D eigenvalue weighted by Crippen LogP contribution is 2.01. The summed E-state index contributed by atoms with van der Waals surface area (Å²) in [4.78, 5) is 0. The second-order valence-corrected chi connectivity index (χ2v) is 4.84. The lowest BCUT2D eigenvalue weighted by molar-refractivity contribution is 0.360. The number of hydrogen-bond donors (Lipinski definition) is 2. The number of nitrogens with one attached hydrogen (secondary N) is 1. The lowest BCUT2D eigenvalue weighted by Gasteiger charge is -2.26. The van der Waals surface area contributed by atoms with Crippen LogP contribution >= 0.6 is 24.8 Å². The standard InChI is InChI=1S/C6H15N3O2S.2ClH/c7-1-6-12(10,11)9-4-2-8-3-5-9;;/h8H,1-7H2;2*1H. The summed E-state index contributed by atoms with van der Waals surface area (Å²) in [7, 11) is -3.07. The third kappa shape index (κ3) is 4.77. The molecule has 1 heterocycles. The third-order valence-electron chi connectivity index (χ3n) is 1.85. The molecule has 0 aromatic rings. The average Bonchev–Trinajstić information content (AvgIpc) is 2.06. The molecule has 0 radical (unpaired) electrons. The Morgan fingerprint density at radius 1 is 1.21 bits per heavy atom. The summed E-state index contributed by atoms with van der Waals surface area (Å²) in [5.41, 5.74) is 5.20. The Hall–Kier alpha value is 0.410. The van der Waals surface area contributed by atoms with E-state index in [-0.39, 0.29) is 37.1 Å². The van der Waals surface area contributed by atoms with Gasteiger partial charge in [-0.3, -0.25) is 0 Å². The van der Waals surface area contributed by atoms with Crippen LogP contribution in [0.3, 0.4) is 0 Å². The molecule has 1 saturated heterocycles. The van der Waals surface area contributed by atoms with Gasteiger partial charge in [-0.15, -0.1) is 24.8 Å². The van der Waals surface area contributed by atoms with Crippen LogP contribution in [0, 0.1) is 0 Å². The van der Waals surface area contributed by atoms with Gasteiger partial charge in [-0.25, -0.2) is 8.42 Å². The normalized spacial score (nSPS) is 18.1. The van der Waals surface area contributed by atoms with E-state index in [1.807, 2.05) is 0 Å². The summed E-state index contributed by atoms with van der Waals surface area (Å²) in [6, 6.07) is 0. The molecule has 3 N–H and O–H groups in total. The van der Waals surface area contributed by atoms with Crippen LogP contribution < -0.4 is 11.1 Å². The number of halogens is 2. The smallest absolute Gasteiger partial charge is 0.215 e. The van der Waals surface area contributed by atoms with Gasteiger partial charge >= 0.3 is 0 Å². The molecular weight excluding hydrogens is 249 g/mol. The minimum atomic E-state index is -3.07. The number of piperazine rings is 1. The largest absolute Gasteiger partial charge is 0.329 e. The van der Waals surface area contributed by atoms with Gasteiger partial charge in [0.1, 0.15) is 0 Å². The Labute approximate surface area is 97.3 Å². The van der Waals surface area contributed by atoms with Gasteiger partial charge < -0.3 is 11.1 Å². The van der Waals surface area contributed by atoms with Crippen LogP contribution in [0.2, 0.25) is 0 Å². The maximum atomic E-state index is 11.4. The van der Waals surface area contributed by atoms with Gasteiger partial charge in [0.25, 0.3) is 0 Å². The number of hydrogen-bond acceptors (Lipinski definition) is 4. The molecule has 5 nitrogen and oxygen atoms in total. The first-order valence-electron chi connectivity index (χ1n) is 4.05. The number of rotatable bonds is 3. The van der Waals surface area contributed by atoms with Crippen molar-refractivity contribution in [3.63, 3.8) is 0 Å². The van der Waals surface area contributed by atoms with Crippen LogP contribution in [0.5, 0.6) is 0 Å². The number of nitrogens with zero attached hydrogens (tertiary/aromatic N) is 1. The Morgan fingerprint density at radius 2 is 1.71 bits per heavy atom. The average molecular weight is 266 g/mol. The predicted molar refractivity (Wildman–Crippen MR) is 61.8 cm³/mol. The Kier molecular flexibility index (Phi) is 9.22. The molecule has 1 fully saturated rings. The maximum Gasteiger partial charge on any atom is 0.215 e. The molecule has 8 heteroatoms. The molecule has 0 amide bonds. The van der Waals surface area contributed by atoms with Crippen LogP contribution in [-0.2, 0) is 10.0 Å². The molecular formula is C6H17Cl2N3O2S. The van der Waals surface area contributed by atoms with Crippen molar-refractivity contribution in [3.8, 4) is 0 Å². The first-order valence-corrected chi connectivity index (χ1v) is 5.66. The van der Waals surface area contributed by atoms with Crippen LogP contribution in [0.15, 0.2) is 0 Å². The van der Waals surface area contributed by atoms with Gasteiger partial charge in [-0.2, -0.15) is 4.31 Å². The Bertz CT molecular complexity index is 229. The molecule has 0 aliphatic carbocycles. The second-order valence-electron chi connectivity index (χ2n) is 2.75. The van der Waals surface area contributed by atoms with E-state index >= 15 is 0 Å². The van der Waals surface area contributed by atoms with Crippen molar-refractivity contribution < 1.29 is 8.42 Å². The Morgan fingerprint density at radius 3 is 2.14 bits per heavy atom. The number of nitrogens with two attached hydrogens (primary N) is 1. The molecule has 0 aromatic heterocycles. The summed E-state index contributed by atoms with van der Waals surface area (Å²) in [5.74, 6) is 0.0625. The molecule has 0 aromatic carbocycles. The zero-order valence-corrected chi connectivity index (χ0v) is 10.3. The molecule has 0 unspecified atom stereocenters. The van der Waals surface area contributed by atoms with E-state index in [9.17, 15) is 8.42 Å². The van der Waals surface area contributed by atoms with Crippen molar-refractivity contribution in [3.05, 3.63) is 0 Å². The van der Waals surface area contributed by atoms with Crippen LogP contribution in [0.1, 0.15) is 0 Å². The molecule has 14 heavy (non-hydrogen) atoms.